The summed E-state index contributed by atoms with van der Waals surface area (Å²) in [4.78, 5) is 12.5. The maximum Gasteiger partial charge on any atom is 0.347 e. The molecule has 6 nitrogen and oxygen atoms in total. The van der Waals surface area contributed by atoms with Gasteiger partial charge in [-0.1, -0.05) is 60.4 Å². The number of hydroxylamine groups is 2. The number of carbonyl (C=O) groups is 1. The summed E-state index contributed by atoms with van der Waals surface area (Å²) in [7, 11) is 0. The SMILES string of the molecule is CC1(C)SC(=S)N(/N=C\c2ccccc2F)[C@H]1N(O)C(=O)Nc1ccccc1. The van der Waals surface area contributed by atoms with Crippen LogP contribution in [0.15, 0.2) is 59.7 Å². The first-order valence-electron chi connectivity index (χ1n) is 8.44. The number of urea groups is 1. The molecule has 1 aliphatic heterocycles. The molecular weight excluding hydrogens is 399 g/mol. The summed E-state index contributed by atoms with van der Waals surface area (Å²) in [5.41, 5.74) is 0.816. The second kappa shape index (κ2) is 8.26. The van der Waals surface area contributed by atoms with Crippen LogP contribution in [-0.4, -0.2) is 42.8 Å². The number of hydrogen-bond acceptors (Lipinski definition) is 5. The molecule has 1 atom stereocenters. The van der Waals surface area contributed by atoms with Crippen molar-refractivity contribution in [2.75, 3.05) is 5.32 Å². The molecule has 0 radical (unpaired) electrons. The summed E-state index contributed by atoms with van der Waals surface area (Å²) in [5, 5.41) is 19.4. The van der Waals surface area contributed by atoms with E-state index in [-0.39, 0.29) is 5.56 Å². The number of thioether (sulfide) groups is 1. The molecule has 0 bridgehead atoms. The summed E-state index contributed by atoms with van der Waals surface area (Å²) in [5.74, 6) is -0.428. The molecule has 2 aromatic carbocycles. The van der Waals surface area contributed by atoms with Gasteiger partial charge in [0.2, 0.25) is 0 Å². The largest absolute Gasteiger partial charge is 0.347 e. The molecule has 9 heteroatoms. The van der Waals surface area contributed by atoms with Crippen LogP contribution in [0, 0.1) is 5.82 Å². The highest BCUT2D eigenvalue weighted by Gasteiger charge is 2.50. The van der Waals surface area contributed by atoms with Gasteiger partial charge < -0.3 is 5.32 Å². The van der Waals surface area contributed by atoms with Crippen molar-refractivity contribution in [2.45, 2.75) is 24.8 Å². The van der Waals surface area contributed by atoms with E-state index in [0.29, 0.717) is 15.1 Å². The van der Waals surface area contributed by atoms with Crippen LogP contribution in [-0.2, 0) is 0 Å². The van der Waals surface area contributed by atoms with Crippen LogP contribution in [0.3, 0.4) is 0 Å². The number of hydrogen-bond donors (Lipinski definition) is 2. The van der Waals surface area contributed by atoms with E-state index in [0.717, 1.165) is 0 Å². The Labute approximate surface area is 172 Å². The molecule has 0 unspecified atom stereocenters. The van der Waals surface area contributed by atoms with E-state index in [9.17, 15) is 14.4 Å². The molecule has 0 aliphatic carbocycles. The third kappa shape index (κ3) is 4.32. The fourth-order valence-electron chi connectivity index (χ4n) is 2.74. The van der Waals surface area contributed by atoms with Crippen molar-refractivity contribution in [3.8, 4) is 0 Å². The number of amides is 2. The van der Waals surface area contributed by atoms with Gasteiger partial charge in [-0.2, -0.15) is 10.2 Å². The summed E-state index contributed by atoms with van der Waals surface area (Å²) >= 11 is 6.66. The number of carbonyl (C=O) groups excluding carboxylic acids is 1. The number of hydrazone groups is 1. The van der Waals surface area contributed by atoms with Gasteiger partial charge in [0.15, 0.2) is 10.5 Å². The van der Waals surface area contributed by atoms with Gasteiger partial charge in [0.1, 0.15) is 5.82 Å². The lowest BCUT2D eigenvalue weighted by molar-refractivity contribution is -0.114. The number of rotatable bonds is 4. The molecule has 28 heavy (non-hydrogen) atoms. The molecular formula is C19H19FN4O2S2. The highest BCUT2D eigenvalue weighted by atomic mass is 32.2. The van der Waals surface area contributed by atoms with Crippen LogP contribution in [0.5, 0.6) is 0 Å². The van der Waals surface area contributed by atoms with Crippen LogP contribution >= 0.6 is 24.0 Å². The number of benzene rings is 2. The predicted molar refractivity (Wildman–Crippen MR) is 113 cm³/mol. The Balaban J connectivity index is 1.84. The lowest BCUT2D eigenvalue weighted by atomic mass is 10.1. The minimum absolute atomic E-state index is 0.275. The molecule has 1 saturated heterocycles. The van der Waals surface area contributed by atoms with E-state index in [4.69, 9.17) is 12.2 Å². The Bertz CT molecular complexity index is 908. The molecule has 146 valence electrons. The molecule has 0 aromatic heterocycles. The highest BCUT2D eigenvalue weighted by Crippen LogP contribution is 2.42. The molecule has 1 aliphatic rings. The summed E-state index contributed by atoms with van der Waals surface area (Å²) in [6, 6.07) is 14.2. The molecule has 0 saturated carbocycles. The van der Waals surface area contributed by atoms with E-state index in [1.54, 1.807) is 42.5 Å². The van der Waals surface area contributed by atoms with Gasteiger partial charge in [-0.05, 0) is 32.0 Å². The second-order valence-electron chi connectivity index (χ2n) is 6.60. The van der Waals surface area contributed by atoms with Crippen molar-refractivity contribution in [3.63, 3.8) is 0 Å². The van der Waals surface area contributed by atoms with Gasteiger partial charge in [-0.25, -0.2) is 14.2 Å². The maximum atomic E-state index is 13.9. The predicted octanol–water partition coefficient (Wildman–Crippen LogP) is 4.52. The summed E-state index contributed by atoms with van der Waals surface area (Å²) in [6.07, 6.45) is 0.441. The molecule has 1 heterocycles. The Morgan fingerprint density at radius 2 is 1.93 bits per heavy atom. The Morgan fingerprint density at radius 3 is 2.61 bits per heavy atom. The summed E-state index contributed by atoms with van der Waals surface area (Å²) in [6.45, 7) is 3.68. The number of para-hydroxylation sites is 1. The molecule has 2 amide bonds. The van der Waals surface area contributed by atoms with Gasteiger partial charge >= 0.3 is 6.03 Å². The van der Waals surface area contributed by atoms with Crippen LogP contribution in [0.2, 0.25) is 0 Å². The van der Waals surface area contributed by atoms with E-state index < -0.39 is 22.8 Å². The molecule has 1 fully saturated rings. The van der Waals surface area contributed by atoms with Crippen molar-refractivity contribution in [2.24, 2.45) is 5.10 Å². The first-order chi connectivity index (χ1) is 13.3. The van der Waals surface area contributed by atoms with Crippen molar-refractivity contribution in [1.29, 1.82) is 0 Å². The topological polar surface area (TPSA) is 68.2 Å². The van der Waals surface area contributed by atoms with Gasteiger partial charge in [0.05, 0.1) is 11.0 Å². The minimum Gasteiger partial charge on any atom is -0.306 e. The average molecular weight is 419 g/mol. The third-order valence-electron chi connectivity index (χ3n) is 4.08. The third-order valence-corrected chi connectivity index (χ3v) is 5.62. The van der Waals surface area contributed by atoms with Crippen LogP contribution < -0.4 is 5.32 Å². The fraction of sp³-hybridized carbons (Fsp3) is 0.211. The number of thiocarbonyl (C=S) groups is 1. The zero-order valence-electron chi connectivity index (χ0n) is 15.2. The number of anilines is 1. The lowest BCUT2D eigenvalue weighted by Crippen LogP contribution is -2.54. The quantitative estimate of drug-likeness (QED) is 0.331. The Kier molecular flexibility index (Phi) is 5.97. The van der Waals surface area contributed by atoms with E-state index in [1.165, 1.54) is 29.1 Å². The standard InChI is InChI=1S/C19H19FN4O2S2/c1-19(2)16(24(26)17(25)22-14-9-4-3-5-10-14)23(18(27)28-19)21-12-13-8-6-7-11-15(13)20/h3-12,16,26H,1-2H3,(H,22,25)/b21-12-/t16-/m0/s1. The van der Waals surface area contributed by atoms with E-state index >= 15 is 0 Å². The van der Waals surface area contributed by atoms with Gasteiger partial charge in [0.25, 0.3) is 0 Å². The van der Waals surface area contributed by atoms with Crippen molar-refractivity contribution in [1.82, 2.24) is 10.1 Å². The summed E-state index contributed by atoms with van der Waals surface area (Å²) < 4.78 is 13.6. The normalized spacial score (nSPS) is 18.5. The van der Waals surface area contributed by atoms with Crippen molar-refractivity contribution >= 4 is 46.2 Å². The first-order valence-corrected chi connectivity index (χ1v) is 9.67. The zero-order chi connectivity index (χ0) is 20.3. The van der Waals surface area contributed by atoms with E-state index in [1.807, 2.05) is 19.9 Å². The number of nitrogens with zero attached hydrogens (tertiary/aromatic N) is 3. The second-order valence-corrected chi connectivity index (χ2v) is 8.88. The Morgan fingerprint density at radius 1 is 1.29 bits per heavy atom. The van der Waals surface area contributed by atoms with Crippen LogP contribution in [0.25, 0.3) is 0 Å². The monoisotopic (exact) mass is 418 g/mol. The van der Waals surface area contributed by atoms with Gasteiger partial charge in [-0.3, -0.25) is 5.21 Å². The lowest BCUT2D eigenvalue weighted by Gasteiger charge is -2.34. The van der Waals surface area contributed by atoms with Crippen LogP contribution in [0.4, 0.5) is 14.9 Å². The van der Waals surface area contributed by atoms with Crippen molar-refractivity contribution < 1.29 is 14.4 Å². The Hall–Kier alpha value is -2.49. The maximum absolute atomic E-state index is 13.9. The van der Waals surface area contributed by atoms with Crippen molar-refractivity contribution in [3.05, 3.63) is 66.0 Å². The average Bonchev–Trinajstić information content (AvgIpc) is 2.89. The molecule has 0 spiro atoms. The van der Waals surface area contributed by atoms with Gasteiger partial charge in [0, 0.05) is 11.3 Å². The van der Waals surface area contributed by atoms with Crippen LogP contribution in [0.1, 0.15) is 19.4 Å². The molecule has 3 rings (SSSR count). The van der Waals surface area contributed by atoms with Gasteiger partial charge in [-0.15, -0.1) is 0 Å². The number of halogens is 1. The molecule has 2 N–H and O–H groups in total. The molecule has 2 aromatic rings. The van der Waals surface area contributed by atoms with E-state index in [2.05, 4.69) is 10.4 Å². The minimum atomic E-state index is -0.878. The first kappa shape index (κ1) is 20.2. The smallest absolute Gasteiger partial charge is 0.306 e. The highest BCUT2D eigenvalue weighted by molar-refractivity contribution is 8.24. The fourth-order valence-corrected chi connectivity index (χ4v) is 4.53. The zero-order valence-corrected chi connectivity index (χ0v) is 16.9. The number of nitrogens with one attached hydrogen (secondary N) is 1.